The average molecular weight is 268 g/mol. The van der Waals surface area contributed by atoms with Crippen LogP contribution in [0.1, 0.15) is 18.4 Å². The third-order valence-corrected chi connectivity index (χ3v) is 3.24. The van der Waals surface area contributed by atoms with Crippen molar-refractivity contribution >= 4 is 5.69 Å². The number of nitrogens with one attached hydrogen (secondary N) is 1. The molecule has 6 heteroatoms. The number of nitro groups is 1. The molecule has 0 amide bonds. The zero-order valence-electron chi connectivity index (χ0n) is 10.6. The van der Waals surface area contributed by atoms with E-state index in [2.05, 4.69) is 5.32 Å². The Morgan fingerprint density at radius 2 is 2.32 bits per heavy atom. The van der Waals surface area contributed by atoms with Crippen LogP contribution >= 0.6 is 0 Å². The molecule has 5 nitrogen and oxygen atoms in total. The second kappa shape index (κ2) is 6.58. The Bertz CT molecular complexity index is 448. The highest BCUT2D eigenvalue weighted by Gasteiger charge is 2.14. The van der Waals surface area contributed by atoms with E-state index in [9.17, 15) is 14.5 Å². The standard InChI is InChI=1S/C13H17FN2O3/c14-12-5-11(6-13(7-12)16(17)18)8-15-3-1-10-2-4-19-9-10/h5-7,10,15H,1-4,8-9H2. The Labute approximate surface area is 110 Å². The molecule has 0 aliphatic carbocycles. The molecular formula is C13H17FN2O3. The van der Waals surface area contributed by atoms with E-state index in [-0.39, 0.29) is 5.69 Å². The second-order valence-electron chi connectivity index (χ2n) is 4.77. The molecule has 1 aromatic carbocycles. The number of rotatable bonds is 6. The third kappa shape index (κ3) is 4.25. The summed E-state index contributed by atoms with van der Waals surface area (Å²) in [6, 6.07) is 3.65. The highest BCUT2D eigenvalue weighted by Crippen LogP contribution is 2.17. The fourth-order valence-electron chi connectivity index (χ4n) is 2.19. The molecule has 1 aliphatic rings. The molecule has 1 atom stereocenters. The van der Waals surface area contributed by atoms with Gasteiger partial charge in [0.05, 0.1) is 11.0 Å². The normalized spacial score (nSPS) is 18.7. The van der Waals surface area contributed by atoms with Gasteiger partial charge in [-0.2, -0.15) is 0 Å². The van der Waals surface area contributed by atoms with Crippen molar-refractivity contribution in [1.29, 1.82) is 0 Å². The summed E-state index contributed by atoms with van der Waals surface area (Å²) in [5.41, 5.74) is 0.385. The molecule has 1 unspecified atom stereocenters. The lowest BCUT2D eigenvalue weighted by molar-refractivity contribution is -0.385. The predicted octanol–water partition coefficient (Wildman–Crippen LogP) is 2.25. The maximum Gasteiger partial charge on any atom is 0.272 e. The number of halogens is 1. The maximum atomic E-state index is 13.2. The van der Waals surface area contributed by atoms with Crippen molar-refractivity contribution in [3.05, 3.63) is 39.7 Å². The first-order chi connectivity index (χ1) is 9.15. The van der Waals surface area contributed by atoms with Crippen molar-refractivity contribution in [3.8, 4) is 0 Å². The molecule has 1 fully saturated rings. The summed E-state index contributed by atoms with van der Waals surface area (Å²) in [5, 5.41) is 13.8. The van der Waals surface area contributed by atoms with Gasteiger partial charge in [0.25, 0.3) is 5.69 Å². The van der Waals surface area contributed by atoms with Crippen LogP contribution in [0.15, 0.2) is 18.2 Å². The van der Waals surface area contributed by atoms with Crippen LogP contribution in [0.4, 0.5) is 10.1 Å². The molecule has 1 N–H and O–H groups in total. The molecule has 1 aromatic rings. The Kier molecular flexibility index (Phi) is 4.81. The van der Waals surface area contributed by atoms with E-state index in [0.717, 1.165) is 38.7 Å². The van der Waals surface area contributed by atoms with E-state index in [1.165, 1.54) is 12.1 Å². The van der Waals surface area contributed by atoms with Crippen molar-refractivity contribution in [3.63, 3.8) is 0 Å². The summed E-state index contributed by atoms with van der Waals surface area (Å²) in [4.78, 5) is 10.0. The van der Waals surface area contributed by atoms with E-state index in [4.69, 9.17) is 4.74 Å². The van der Waals surface area contributed by atoms with Gasteiger partial charge in [0, 0.05) is 25.8 Å². The highest BCUT2D eigenvalue weighted by molar-refractivity contribution is 5.35. The number of non-ortho nitro benzene ring substituents is 1. The second-order valence-corrected chi connectivity index (χ2v) is 4.77. The van der Waals surface area contributed by atoms with Crippen molar-refractivity contribution in [1.82, 2.24) is 5.32 Å². The summed E-state index contributed by atoms with van der Waals surface area (Å²) in [7, 11) is 0. The Hall–Kier alpha value is -1.53. The number of hydrogen-bond acceptors (Lipinski definition) is 4. The van der Waals surface area contributed by atoms with Gasteiger partial charge in [-0.05, 0) is 36.9 Å². The minimum atomic E-state index is -0.581. The number of nitro benzene ring substituents is 1. The van der Waals surface area contributed by atoms with Crippen molar-refractivity contribution in [2.24, 2.45) is 5.92 Å². The molecule has 0 bridgehead atoms. The van der Waals surface area contributed by atoms with Gasteiger partial charge in [0.2, 0.25) is 0 Å². The number of hydrogen-bond donors (Lipinski definition) is 1. The summed E-state index contributed by atoms with van der Waals surface area (Å²) in [6.07, 6.45) is 2.10. The first-order valence-electron chi connectivity index (χ1n) is 6.37. The van der Waals surface area contributed by atoms with Gasteiger partial charge in [-0.1, -0.05) is 0 Å². The largest absolute Gasteiger partial charge is 0.381 e. The molecule has 1 aliphatic heterocycles. The fourth-order valence-corrected chi connectivity index (χ4v) is 2.19. The molecule has 1 heterocycles. The van der Waals surface area contributed by atoms with E-state index >= 15 is 0 Å². The van der Waals surface area contributed by atoms with Crippen LogP contribution < -0.4 is 5.32 Å². The zero-order chi connectivity index (χ0) is 13.7. The van der Waals surface area contributed by atoms with Gasteiger partial charge in [-0.15, -0.1) is 0 Å². The minimum Gasteiger partial charge on any atom is -0.381 e. The van der Waals surface area contributed by atoms with Crippen molar-refractivity contribution < 1.29 is 14.1 Å². The smallest absolute Gasteiger partial charge is 0.272 e. The van der Waals surface area contributed by atoms with Gasteiger partial charge >= 0.3 is 0 Å². The summed E-state index contributed by atoms with van der Waals surface area (Å²) in [6.45, 7) is 2.89. The van der Waals surface area contributed by atoms with Gasteiger partial charge in [-0.25, -0.2) is 4.39 Å². The molecule has 0 spiro atoms. The van der Waals surface area contributed by atoms with Crippen LogP contribution in [-0.4, -0.2) is 24.7 Å². The highest BCUT2D eigenvalue weighted by atomic mass is 19.1. The Morgan fingerprint density at radius 3 is 3.00 bits per heavy atom. The Balaban J connectivity index is 1.80. The van der Waals surface area contributed by atoms with E-state index in [1.54, 1.807) is 0 Å². The lowest BCUT2D eigenvalue weighted by atomic mass is 10.1. The van der Waals surface area contributed by atoms with Crippen LogP contribution in [0, 0.1) is 21.8 Å². The van der Waals surface area contributed by atoms with E-state index < -0.39 is 10.7 Å². The molecule has 0 radical (unpaired) electrons. The van der Waals surface area contributed by atoms with Crippen LogP contribution in [0.3, 0.4) is 0 Å². The van der Waals surface area contributed by atoms with Crippen LogP contribution in [0.2, 0.25) is 0 Å². The molecule has 104 valence electrons. The Morgan fingerprint density at radius 1 is 1.47 bits per heavy atom. The topological polar surface area (TPSA) is 64.4 Å². The SMILES string of the molecule is O=[N+]([O-])c1cc(F)cc(CNCCC2CCOC2)c1. The number of ether oxygens (including phenoxy) is 1. The molecule has 1 saturated heterocycles. The van der Waals surface area contributed by atoms with Crippen LogP contribution in [-0.2, 0) is 11.3 Å². The van der Waals surface area contributed by atoms with E-state index in [1.807, 2.05) is 0 Å². The fraction of sp³-hybridized carbons (Fsp3) is 0.538. The maximum absolute atomic E-state index is 13.2. The first kappa shape index (κ1) is 13.9. The van der Waals surface area contributed by atoms with Crippen molar-refractivity contribution in [2.45, 2.75) is 19.4 Å². The van der Waals surface area contributed by atoms with Crippen LogP contribution in [0.25, 0.3) is 0 Å². The first-order valence-corrected chi connectivity index (χ1v) is 6.37. The summed E-state index contributed by atoms with van der Waals surface area (Å²) < 4.78 is 18.5. The summed E-state index contributed by atoms with van der Waals surface area (Å²) >= 11 is 0. The van der Waals surface area contributed by atoms with Gasteiger partial charge < -0.3 is 10.1 Å². The monoisotopic (exact) mass is 268 g/mol. The zero-order valence-corrected chi connectivity index (χ0v) is 10.6. The summed E-state index contributed by atoms with van der Waals surface area (Å²) in [5.74, 6) is 0.0181. The lowest BCUT2D eigenvalue weighted by Crippen LogP contribution is -2.18. The van der Waals surface area contributed by atoms with Gasteiger partial charge in [-0.3, -0.25) is 10.1 Å². The van der Waals surface area contributed by atoms with Gasteiger partial charge in [0.15, 0.2) is 0 Å². The third-order valence-electron chi connectivity index (χ3n) is 3.24. The average Bonchev–Trinajstić information content (AvgIpc) is 2.87. The molecule has 2 rings (SSSR count). The van der Waals surface area contributed by atoms with E-state index in [0.29, 0.717) is 18.0 Å². The lowest BCUT2D eigenvalue weighted by Gasteiger charge is -2.08. The number of benzene rings is 1. The molecule has 0 saturated carbocycles. The quantitative estimate of drug-likeness (QED) is 0.488. The predicted molar refractivity (Wildman–Crippen MR) is 68.3 cm³/mol. The minimum absolute atomic E-state index is 0.207. The molecular weight excluding hydrogens is 251 g/mol. The van der Waals surface area contributed by atoms with Crippen LogP contribution in [0.5, 0.6) is 0 Å². The van der Waals surface area contributed by atoms with Crippen molar-refractivity contribution in [2.75, 3.05) is 19.8 Å². The molecule has 0 aromatic heterocycles. The number of nitrogens with zero attached hydrogens (tertiary/aromatic N) is 1. The molecule has 19 heavy (non-hydrogen) atoms. The van der Waals surface area contributed by atoms with Gasteiger partial charge in [0.1, 0.15) is 5.82 Å².